The van der Waals surface area contributed by atoms with E-state index < -0.39 is 0 Å². The largest absolute Gasteiger partial charge is 0.469 e. The number of carbonyl (C=O) groups is 1. The predicted octanol–water partition coefficient (Wildman–Crippen LogP) is 0.589. The van der Waals surface area contributed by atoms with Gasteiger partial charge in [-0.2, -0.15) is 0 Å². The maximum absolute atomic E-state index is 11.1. The number of nitrogens with one attached hydrogen (secondary N) is 2. The zero-order chi connectivity index (χ0) is 14.8. The van der Waals surface area contributed by atoms with Crippen LogP contribution in [-0.4, -0.2) is 62.7 Å². The molecule has 1 rings (SSSR count). The van der Waals surface area contributed by atoms with Crippen LogP contribution in [0.3, 0.4) is 0 Å². The lowest BCUT2D eigenvalue weighted by Crippen LogP contribution is -2.40. The number of hydrogen-bond acceptors (Lipinski definition) is 4. The van der Waals surface area contributed by atoms with Gasteiger partial charge in [0, 0.05) is 19.1 Å². The van der Waals surface area contributed by atoms with Gasteiger partial charge in [-0.1, -0.05) is 6.92 Å². The van der Waals surface area contributed by atoms with Crippen molar-refractivity contribution in [1.29, 1.82) is 0 Å². The highest BCUT2D eigenvalue weighted by Gasteiger charge is 2.22. The molecule has 6 heteroatoms. The highest BCUT2D eigenvalue weighted by molar-refractivity contribution is 5.80. The van der Waals surface area contributed by atoms with Crippen molar-refractivity contribution in [1.82, 2.24) is 15.5 Å². The van der Waals surface area contributed by atoms with E-state index in [2.05, 4.69) is 32.2 Å². The molecule has 1 heterocycles. The Morgan fingerprint density at radius 3 is 2.85 bits per heavy atom. The third-order valence-electron chi connectivity index (χ3n) is 3.56. The number of ether oxygens (including phenoxy) is 1. The first-order valence-corrected chi connectivity index (χ1v) is 7.54. The molecule has 2 N–H and O–H groups in total. The van der Waals surface area contributed by atoms with E-state index in [1.165, 1.54) is 26.5 Å². The van der Waals surface area contributed by atoms with E-state index in [0.29, 0.717) is 19.0 Å². The Bertz CT molecular complexity index is 320. The summed E-state index contributed by atoms with van der Waals surface area (Å²) in [6.45, 7) is 8.66. The number of aliphatic imine (C=N–C) groups is 1. The van der Waals surface area contributed by atoms with Gasteiger partial charge in [-0.25, -0.2) is 0 Å². The van der Waals surface area contributed by atoms with E-state index in [1.54, 1.807) is 0 Å². The molecule has 1 saturated heterocycles. The monoisotopic (exact) mass is 284 g/mol. The molecule has 0 radical (unpaired) electrons. The van der Waals surface area contributed by atoms with Crippen molar-refractivity contribution in [3.05, 3.63) is 0 Å². The zero-order valence-electron chi connectivity index (χ0n) is 12.9. The maximum Gasteiger partial charge on any atom is 0.307 e. The minimum Gasteiger partial charge on any atom is -0.469 e. The van der Waals surface area contributed by atoms with Crippen LogP contribution in [0.5, 0.6) is 0 Å². The molecule has 0 saturated carbocycles. The summed E-state index contributed by atoms with van der Waals surface area (Å²) >= 11 is 0. The summed E-state index contributed by atoms with van der Waals surface area (Å²) in [5, 5.41) is 6.36. The normalized spacial score (nSPS) is 19.9. The van der Waals surface area contributed by atoms with Crippen molar-refractivity contribution >= 4 is 11.9 Å². The molecular formula is C14H28N4O2. The summed E-state index contributed by atoms with van der Waals surface area (Å²) in [7, 11) is 1.40. The molecule has 0 aromatic carbocycles. The van der Waals surface area contributed by atoms with Crippen LogP contribution in [0.25, 0.3) is 0 Å². The lowest BCUT2D eigenvalue weighted by molar-refractivity contribution is -0.140. The van der Waals surface area contributed by atoms with Crippen LogP contribution in [0.4, 0.5) is 0 Å². The lowest BCUT2D eigenvalue weighted by atomic mass is 10.2. The molecule has 0 aromatic heterocycles. The minimum atomic E-state index is -0.207. The fraction of sp³-hybridized carbons (Fsp3) is 0.857. The Balaban J connectivity index is 2.39. The number of esters is 1. The first-order chi connectivity index (χ1) is 9.71. The van der Waals surface area contributed by atoms with Gasteiger partial charge in [0.05, 0.1) is 20.1 Å². The Morgan fingerprint density at radius 1 is 1.40 bits per heavy atom. The van der Waals surface area contributed by atoms with Gasteiger partial charge in [-0.15, -0.1) is 0 Å². The molecule has 6 nitrogen and oxygen atoms in total. The number of likely N-dealkylation sites (tertiary alicyclic amines) is 1. The average Bonchev–Trinajstić information content (AvgIpc) is 2.91. The van der Waals surface area contributed by atoms with Gasteiger partial charge < -0.3 is 15.4 Å². The van der Waals surface area contributed by atoms with E-state index >= 15 is 0 Å². The Morgan fingerprint density at radius 2 is 2.20 bits per heavy atom. The number of methoxy groups -OCH3 is 1. The van der Waals surface area contributed by atoms with E-state index in [0.717, 1.165) is 25.6 Å². The SMILES string of the molecule is CCNC(=NCC1CCCN1CC)NCCC(=O)OC. The van der Waals surface area contributed by atoms with Crippen molar-refractivity contribution in [2.45, 2.75) is 39.2 Å². The highest BCUT2D eigenvalue weighted by Crippen LogP contribution is 2.16. The first-order valence-electron chi connectivity index (χ1n) is 7.54. The van der Waals surface area contributed by atoms with Gasteiger partial charge in [0.1, 0.15) is 0 Å². The second-order valence-corrected chi connectivity index (χ2v) is 4.90. The topological polar surface area (TPSA) is 66.0 Å². The van der Waals surface area contributed by atoms with Gasteiger partial charge in [0.15, 0.2) is 5.96 Å². The smallest absolute Gasteiger partial charge is 0.307 e. The van der Waals surface area contributed by atoms with Gasteiger partial charge >= 0.3 is 5.97 Å². The zero-order valence-corrected chi connectivity index (χ0v) is 12.9. The average molecular weight is 284 g/mol. The number of carbonyl (C=O) groups excluding carboxylic acids is 1. The molecule has 0 amide bonds. The highest BCUT2D eigenvalue weighted by atomic mass is 16.5. The van der Waals surface area contributed by atoms with Crippen LogP contribution in [-0.2, 0) is 9.53 Å². The van der Waals surface area contributed by atoms with Crippen LogP contribution < -0.4 is 10.6 Å². The lowest BCUT2D eigenvalue weighted by Gasteiger charge is -2.21. The van der Waals surface area contributed by atoms with Crippen LogP contribution in [0.1, 0.15) is 33.1 Å². The van der Waals surface area contributed by atoms with Crippen LogP contribution >= 0.6 is 0 Å². The fourth-order valence-corrected chi connectivity index (χ4v) is 2.44. The number of hydrogen-bond donors (Lipinski definition) is 2. The minimum absolute atomic E-state index is 0.207. The van der Waals surface area contributed by atoms with Gasteiger partial charge in [0.25, 0.3) is 0 Å². The number of rotatable bonds is 7. The molecule has 0 aliphatic carbocycles. The molecule has 0 bridgehead atoms. The summed E-state index contributed by atoms with van der Waals surface area (Å²) in [5.41, 5.74) is 0. The van der Waals surface area contributed by atoms with Gasteiger partial charge in [-0.05, 0) is 32.9 Å². The van der Waals surface area contributed by atoms with E-state index in [1.807, 2.05) is 6.92 Å². The van der Waals surface area contributed by atoms with Crippen LogP contribution in [0.2, 0.25) is 0 Å². The van der Waals surface area contributed by atoms with E-state index in [9.17, 15) is 4.79 Å². The van der Waals surface area contributed by atoms with Crippen molar-refractivity contribution < 1.29 is 9.53 Å². The molecule has 0 aromatic rings. The molecule has 1 fully saturated rings. The summed E-state index contributed by atoms with van der Waals surface area (Å²) in [6, 6.07) is 0.552. The summed E-state index contributed by atoms with van der Waals surface area (Å²) in [4.78, 5) is 18.2. The summed E-state index contributed by atoms with van der Waals surface area (Å²) in [6.07, 6.45) is 2.84. The molecular weight excluding hydrogens is 256 g/mol. The van der Waals surface area contributed by atoms with Crippen LogP contribution in [0, 0.1) is 0 Å². The second-order valence-electron chi connectivity index (χ2n) is 4.90. The van der Waals surface area contributed by atoms with Crippen molar-refractivity contribution in [2.75, 3.05) is 39.8 Å². The number of nitrogens with zero attached hydrogens (tertiary/aromatic N) is 2. The van der Waals surface area contributed by atoms with Gasteiger partial charge in [0.2, 0.25) is 0 Å². The third kappa shape index (κ3) is 5.77. The summed E-state index contributed by atoms with van der Waals surface area (Å²) in [5.74, 6) is 0.570. The number of guanidine groups is 1. The number of likely N-dealkylation sites (N-methyl/N-ethyl adjacent to an activating group) is 1. The molecule has 1 atom stereocenters. The quantitative estimate of drug-likeness (QED) is 0.407. The van der Waals surface area contributed by atoms with Gasteiger partial charge in [-0.3, -0.25) is 14.7 Å². The Labute approximate surface area is 122 Å². The Kier molecular flexibility index (Phi) is 8.02. The molecule has 1 aliphatic rings. The van der Waals surface area contributed by atoms with E-state index in [-0.39, 0.29) is 5.97 Å². The maximum atomic E-state index is 11.1. The molecule has 20 heavy (non-hydrogen) atoms. The predicted molar refractivity (Wildman–Crippen MR) is 80.9 cm³/mol. The molecule has 116 valence electrons. The van der Waals surface area contributed by atoms with Crippen LogP contribution in [0.15, 0.2) is 4.99 Å². The fourth-order valence-electron chi connectivity index (χ4n) is 2.44. The molecule has 0 spiro atoms. The summed E-state index contributed by atoms with van der Waals surface area (Å²) < 4.78 is 4.62. The van der Waals surface area contributed by atoms with Crippen molar-refractivity contribution in [3.63, 3.8) is 0 Å². The van der Waals surface area contributed by atoms with E-state index in [4.69, 9.17) is 0 Å². The Hall–Kier alpha value is -1.30. The van der Waals surface area contributed by atoms with Crippen molar-refractivity contribution in [2.24, 2.45) is 4.99 Å². The van der Waals surface area contributed by atoms with Crippen molar-refractivity contribution in [3.8, 4) is 0 Å². The molecule has 1 unspecified atom stereocenters. The standard InChI is InChI=1S/C14H28N4O2/c1-4-15-14(16-9-8-13(19)20-3)17-11-12-7-6-10-18(12)5-2/h12H,4-11H2,1-3H3,(H2,15,16,17). The third-order valence-corrected chi connectivity index (χ3v) is 3.56. The second kappa shape index (κ2) is 9.58. The molecule has 1 aliphatic heterocycles. The first kappa shape index (κ1) is 16.8.